The molecule has 2 amide bonds. The van der Waals surface area contributed by atoms with Crippen LogP contribution in [0.2, 0.25) is 0 Å². The van der Waals surface area contributed by atoms with Gasteiger partial charge < -0.3 is 10.5 Å². The average molecular weight is 510 g/mol. The zero-order valence-electron chi connectivity index (χ0n) is 19.5. The summed E-state index contributed by atoms with van der Waals surface area (Å²) in [6, 6.07) is 7.19. The second-order valence-electron chi connectivity index (χ2n) is 9.26. The van der Waals surface area contributed by atoms with Gasteiger partial charge in [-0.3, -0.25) is 19.7 Å². The molecule has 9 nitrogen and oxygen atoms in total. The topological polar surface area (TPSA) is 115 Å². The van der Waals surface area contributed by atoms with Crippen LogP contribution in [0.5, 0.6) is 5.75 Å². The highest BCUT2D eigenvalue weighted by Crippen LogP contribution is 2.41. The molecule has 3 N–H and O–H groups in total. The molecule has 4 aromatic rings. The molecule has 1 fully saturated rings. The highest BCUT2D eigenvalue weighted by Gasteiger charge is 2.39. The first kappa shape index (κ1) is 23.1. The van der Waals surface area contributed by atoms with Crippen LogP contribution in [0, 0.1) is 5.92 Å². The van der Waals surface area contributed by atoms with Gasteiger partial charge in [0.15, 0.2) is 0 Å². The molecule has 3 heterocycles. The number of fused-ring (bicyclic) bond motifs is 4. The fourth-order valence-corrected chi connectivity index (χ4v) is 4.64. The van der Waals surface area contributed by atoms with Crippen LogP contribution < -0.4 is 15.9 Å². The predicted octanol–water partition coefficient (Wildman–Crippen LogP) is 3.74. The third-order valence-electron chi connectivity index (χ3n) is 6.76. The van der Waals surface area contributed by atoms with Gasteiger partial charge in [-0.25, -0.2) is 9.99 Å². The third kappa shape index (κ3) is 3.88. The lowest BCUT2D eigenvalue weighted by atomic mass is 10.0. The van der Waals surface area contributed by atoms with Crippen LogP contribution in [0.1, 0.15) is 40.4 Å². The van der Waals surface area contributed by atoms with Crippen LogP contribution in [0.3, 0.4) is 0 Å². The molecular weight excluding hydrogens is 489 g/mol. The van der Waals surface area contributed by atoms with E-state index in [0.29, 0.717) is 46.0 Å². The molecule has 0 radical (unpaired) electrons. The number of aryl methyl sites for hydroxylation is 1. The Labute approximate surface area is 208 Å². The molecule has 6 rings (SSSR count). The Bertz CT molecular complexity index is 1590. The minimum atomic E-state index is -4.54. The van der Waals surface area contributed by atoms with Crippen LogP contribution in [-0.2, 0) is 18.0 Å². The van der Waals surface area contributed by atoms with Gasteiger partial charge in [-0.2, -0.15) is 18.3 Å². The van der Waals surface area contributed by atoms with E-state index in [4.69, 9.17) is 10.5 Å². The Kier molecular flexibility index (Phi) is 5.04. The highest BCUT2D eigenvalue weighted by atomic mass is 19.4. The summed E-state index contributed by atoms with van der Waals surface area (Å²) < 4.78 is 46.8. The van der Waals surface area contributed by atoms with E-state index in [1.807, 2.05) is 0 Å². The first-order chi connectivity index (χ1) is 17.6. The Morgan fingerprint density at radius 3 is 2.68 bits per heavy atom. The first-order valence-corrected chi connectivity index (χ1v) is 11.6. The van der Waals surface area contributed by atoms with E-state index in [-0.39, 0.29) is 29.7 Å². The second-order valence-corrected chi connectivity index (χ2v) is 9.26. The fraction of sp³-hybridized carbons (Fsp3) is 0.280. The van der Waals surface area contributed by atoms with E-state index in [0.717, 1.165) is 17.1 Å². The number of halogens is 3. The number of anilines is 1. The van der Waals surface area contributed by atoms with Crippen molar-refractivity contribution in [2.75, 3.05) is 12.3 Å². The molecule has 37 heavy (non-hydrogen) atoms. The van der Waals surface area contributed by atoms with E-state index in [1.165, 1.54) is 6.07 Å². The van der Waals surface area contributed by atoms with Gasteiger partial charge in [-0.15, -0.1) is 0 Å². The Balaban J connectivity index is 1.41. The summed E-state index contributed by atoms with van der Waals surface area (Å²) in [5.74, 6) is -0.732. The number of hydrogen-bond donors (Lipinski definition) is 2. The Hall–Kier alpha value is -4.35. The fourth-order valence-electron chi connectivity index (χ4n) is 4.64. The molecule has 1 aliphatic heterocycles. The summed E-state index contributed by atoms with van der Waals surface area (Å²) >= 11 is 0. The summed E-state index contributed by atoms with van der Waals surface area (Å²) in [5, 5.41) is 6.68. The Morgan fingerprint density at radius 1 is 1.16 bits per heavy atom. The maximum Gasteiger partial charge on any atom is 0.416 e. The van der Waals surface area contributed by atoms with E-state index in [1.54, 1.807) is 36.1 Å². The van der Waals surface area contributed by atoms with Crippen molar-refractivity contribution in [3.05, 3.63) is 59.3 Å². The van der Waals surface area contributed by atoms with Crippen molar-refractivity contribution in [1.29, 1.82) is 0 Å². The van der Waals surface area contributed by atoms with Crippen molar-refractivity contribution >= 4 is 39.4 Å². The zero-order chi connectivity index (χ0) is 26.1. The van der Waals surface area contributed by atoms with Crippen LogP contribution in [0.15, 0.2) is 42.6 Å². The van der Waals surface area contributed by atoms with Crippen molar-refractivity contribution in [3.8, 4) is 5.75 Å². The average Bonchev–Trinajstić information content (AvgIpc) is 3.52. The van der Waals surface area contributed by atoms with Gasteiger partial charge in [0, 0.05) is 29.5 Å². The van der Waals surface area contributed by atoms with Crippen molar-refractivity contribution in [3.63, 3.8) is 0 Å². The molecule has 2 aromatic heterocycles. The number of benzene rings is 2. The highest BCUT2D eigenvalue weighted by molar-refractivity contribution is 6.10. The van der Waals surface area contributed by atoms with E-state index in [9.17, 15) is 22.8 Å². The molecule has 190 valence electrons. The quantitative estimate of drug-likeness (QED) is 0.406. The number of nitrogens with two attached hydrogens (primary N) is 1. The number of pyridine rings is 1. The Morgan fingerprint density at radius 2 is 1.95 bits per heavy atom. The summed E-state index contributed by atoms with van der Waals surface area (Å²) in [7, 11) is 1.75. The SMILES string of the molecule is Cn1ncc2c(N)nc3ccc(C(=O)N(NC(=O)C4CC4)C4COc5cc(C(F)(F)F)ccc54)cc3c21. The number of carbonyl (C=O) groups excluding carboxylic acids is 2. The molecule has 0 spiro atoms. The molecule has 0 saturated heterocycles. The van der Waals surface area contributed by atoms with Gasteiger partial charge in [0.05, 0.1) is 28.2 Å². The van der Waals surface area contributed by atoms with E-state index >= 15 is 0 Å². The molecule has 2 aliphatic rings. The number of aromatic nitrogens is 3. The smallest absolute Gasteiger partial charge is 0.416 e. The normalized spacial score (nSPS) is 17.0. The minimum absolute atomic E-state index is 0.0214. The lowest BCUT2D eigenvalue weighted by Gasteiger charge is -2.29. The van der Waals surface area contributed by atoms with Gasteiger partial charge >= 0.3 is 6.18 Å². The predicted molar refractivity (Wildman–Crippen MR) is 127 cm³/mol. The summed E-state index contributed by atoms with van der Waals surface area (Å²) in [4.78, 5) is 30.9. The number of hydrogen-bond acceptors (Lipinski definition) is 6. The summed E-state index contributed by atoms with van der Waals surface area (Å²) in [5.41, 5.74) is 9.79. The van der Waals surface area contributed by atoms with E-state index in [2.05, 4.69) is 15.5 Å². The number of alkyl halides is 3. The van der Waals surface area contributed by atoms with Crippen LogP contribution >= 0.6 is 0 Å². The van der Waals surface area contributed by atoms with Gasteiger partial charge in [-0.1, -0.05) is 6.07 Å². The van der Waals surface area contributed by atoms with Crippen LogP contribution in [0.4, 0.5) is 19.0 Å². The summed E-state index contributed by atoms with van der Waals surface area (Å²) in [6.07, 6.45) is -1.52. The number of nitrogen functional groups attached to an aromatic ring is 1. The largest absolute Gasteiger partial charge is 0.491 e. The van der Waals surface area contributed by atoms with Gasteiger partial charge in [0.25, 0.3) is 5.91 Å². The van der Waals surface area contributed by atoms with Crippen molar-refractivity contribution < 1.29 is 27.5 Å². The third-order valence-corrected chi connectivity index (χ3v) is 6.76. The number of rotatable bonds is 3. The van der Waals surface area contributed by atoms with Gasteiger partial charge in [0.2, 0.25) is 5.91 Å². The number of hydrazine groups is 1. The van der Waals surface area contributed by atoms with Crippen molar-refractivity contribution in [1.82, 2.24) is 25.2 Å². The molecule has 0 bridgehead atoms. The molecule has 1 atom stereocenters. The lowest BCUT2D eigenvalue weighted by Crippen LogP contribution is -2.49. The maximum absolute atomic E-state index is 13.8. The molecule has 1 saturated carbocycles. The molecule has 1 aliphatic carbocycles. The van der Waals surface area contributed by atoms with Crippen molar-refractivity contribution in [2.45, 2.75) is 25.1 Å². The van der Waals surface area contributed by atoms with Crippen molar-refractivity contribution in [2.24, 2.45) is 13.0 Å². The molecule has 1 unspecified atom stereocenters. The molecule has 2 aromatic carbocycles. The number of ether oxygens (including phenoxy) is 1. The zero-order valence-corrected chi connectivity index (χ0v) is 19.5. The maximum atomic E-state index is 13.8. The van der Waals surface area contributed by atoms with Gasteiger partial charge in [-0.05, 0) is 43.2 Å². The first-order valence-electron chi connectivity index (χ1n) is 11.6. The molecule has 12 heteroatoms. The van der Waals surface area contributed by atoms with Crippen LogP contribution in [0.25, 0.3) is 21.8 Å². The second kappa shape index (κ2) is 8.08. The van der Waals surface area contributed by atoms with Crippen LogP contribution in [-0.4, -0.2) is 38.2 Å². The number of amides is 2. The number of carbonyl (C=O) groups is 2. The summed E-state index contributed by atoms with van der Waals surface area (Å²) in [6.45, 7) is -0.106. The lowest BCUT2D eigenvalue weighted by molar-refractivity contribution is -0.137. The number of nitrogens with one attached hydrogen (secondary N) is 1. The van der Waals surface area contributed by atoms with Gasteiger partial charge in [0.1, 0.15) is 24.2 Å². The molecular formula is C25H21F3N6O3. The van der Waals surface area contributed by atoms with E-state index < -0.39 is 23.7 Å². The minimum Gasteiger partial charge on any atom is -0.491 e. The monoisotopic (exact) mass is 510 g/mol. The number of nitrogens with zero attached hydrogens (tertiary/aromatic N) is 4. The standard InChI is InChI=1S/C25H21F3N6O3/c1-33-21-16-8-13(4-7-18(16)31-22(29)17(21)10-30-33)24(36)34(32-23(35)12-2-3-12)19-11-37-20-9-14(25(26,27)28)5-6-15(19)20/h4-10,12,19H,2-3,11H2,1H3,(H2,29,31)(H,32,35).